The van der Waals surface area contributed by atoms with Gasteiger partial charge in [-0.05, 0) is 30.2 Å². The van der Waals surface area contributed by atoms with E-state index >= 15 is 0 Å². The second-order valence-electron chi connectivity index (χ2n) is 4.13. The Morgan fingerprint density at radius 2 is 2.39 bits per heavy atom. The van der Waals surface area contributed by atoms with E-state index in [-0.39, 0.29) is 0 Å². The number of hydrogen-bond donors (Lipinski definition) is 1. The fourth-order valence-corrected chi connectivity index (χ4v) is 2.26. The van der Waals surface area contributed by atoms with Crippen LogP contribution in [0.3, 0.4) is 0 Å². The van der Waals surface area contributed by atoms with Crippen LogP contribution in [-0.2, 0) is 6.42 Å². The Hall–Kier alpha value is -1.68. The van der Waals surface area contributed by atoms with Gasteiger partial charge in [-0.1, -0.05) is 31.6 Å². The molecule has 0 radical (unpaired) electrons. The van der Waals surface area contributed by atoms with Gasteiger partial charge in [-0.25, -0.2) is 9.66 Å². The van der Waals surface area contributed by atoms with Gasteiger partial charge in [0.1, 0.15) is 4.64 Å². The van der Waals surface area contributed by atoms with Crippen molar-refractivity contribution in [2.45, 2.75) is 19.8 Å². The first-order chi connectivity index (χ1) is 8.77. The maximum atomic E-state index is 5.52. The normalized spacial score (nSPS) is 10.5. The molecule has 2 heterocycles. The molecule has 94 valence electrons. The summed E-state index contributed by atoms with van der Waals surface area (Å²) in [5.41, 5.74) is 5.29. The van der Waals surface area contributed by atoms with Crippen LogP contribution in [0, 0.1) is 4.64 Å². The summed E-state index contributed by atoms with van der Waals surface area (Å²) >= 11 is 5.52. The first kappa shape index (κ1) is 12.8. The maximum Gasteiger partial charge on any atom is 0.159 e. The second-order valence-corrected chi connectivity index (χ2v) is 4.51. The van der Waals surface area contributed by atoms with E-state index in [4.69, 9.17) is 12.2 Å². The lowest BCUT2D eigenvalue weighted by atomic mass is 10.1. The van der Waals surface area contributed by atoms with E-state index in [0.717, 1.165) is 28.5 Å². The molecule has 0 aliphatic heterocycles. The minimum Gasteiger partial charge on any atom is -0.319 e. The molecule has 0 aromatic carbocycles. The highest BCUT2D eigenvalue weighted by molar-refractivity contribution is 7.71. The number of hydrogen-bond acceptors (Lipinski definition) is 3. The molecule has 0 aliphatic carbocycles. The van der Waals surface area contributed by atoms with E-state index in [2.05, 4.69) is 36.0 Å². The molecule has 0 unspecified atom stereocenters. The fourth-order valence-electron chi connectivity index (χ4n) is 1.95. The first-order valence-electron chi connectivity index (χ1n) is 6.12. The highest BCUT2D eigenvalue weighted by Crippen LogP contribution is 2.16. The van der Waals surface area contributed by atoms with Gasteiger partial charge in [-0.15, -0.1) is 6.58 Å². The molecule has 0 saturated heterocycles. The number of rotatable bonds is 5. The van der Waals surface area contributed by atoms with E-state index in [1.54, 1.807) is 6.20 Å². The van der Waals surface area contributed by atoms with E-state index in [9.17, 15) is 0 Å². The molecule has 18 heavy (non-hydrogen) atoms. The van der Waals surface area contributed by atoms with Crippen LogP contribution in [-0.4, -0.2) is 16.2 Å². The zero-order valence-electron chi connectivity index (χ0n) is 10.5. The van der Waals surface area contributed by atoms with Gasteiger partial charge in [-0.3, -0.25) is 0 Å². The lowest BCUT2D eigenvalue weighted by Crippen LogP contribution is -2.18. The largest absolute Gasteiger partial charge is 0.319 e. The molecule has 0 saturated carbocycles. The SMILES string of the molecule is C=CCNn1c(=S)c(CCC)cc2cccnc21. The standard InChI is InChI=1S/C14H17N3S/c1-3-6-12-10-11-7-5-9-15-13(11)17(14(12)18)16-8-4-2/h4-5,7,9-10,16H,2-3,6,8H2,1H3. The average Bonchev–Trinajstić information content (AvgIpc) is 2.39. The van der Waals surface area contributed by atoms with Gasteiger partial charge in [0.2, 0.25) is 0 Å². The molecule has 2 rings (SSSR count). The van der Waals surface area contributed by atoms with Crippen LogP contribution >= 0.6 is 12.2 Å². The molecule has 0 aliphatic rings. The number of nitrogens with zero attached hydrogens (tertiary/aromatic N) is 2. The summed E-state index contributed by atoms with van der Waals surface area (Å²) < 4.78 is 2.70. The van der Waals surface area contributed by atoms with Gasteiger partial charge < -0.3 is 5.43 Å². The first-order valence-corrected chi connectivity index (χ1v) is 6.53. The molecule has 0 spiro atoms. The monoisotopic (exact) mass is 259 g/mol. The van der Waals surface area contributed by atoms with Crippen LogP contribution in [0.2, 0.25) is 0 Å². The lowest BCUT2D eigenvalue weighted by molar-refractivity contribution is 0.845. The molecule has 0 bridgehead atoms. The van der Waals surface area contributed by atoms with E-state index in [1.165, 1.54) is 5.56 Å². The zero-order chi connectivity index (χ0) is 13.0. The zero-order valence-corrected chi connectivity index (χ0v) is 11.3. The molecule has 4 heteroatoms. The Morgan fingerprint density at radius 3 is 3.11 bits per heavy atom. The summed E-state index contributed by atoms with van der Waals surface area (Å²) in [5.74, 6) is 0. The summed E-state index contributed by atoms with van der Waals surface area (Å²) in [4.78, 5) is 4.40. The fraction of sp³-hybridized carbons (Fsp3) is 0.286. The molecule has 0 amide bonds. The van der Waals surface area contributed by atoms with Crippen molar-refractivity contribution in [1.29, 1.82) is 0 Å². The van der Waals surface area contributed by atoms with Gasteiger partial charge in [0.05, 0.1) is 0 Å². The van der Waals surface area contributed by atoms with Gasteiger partial charge >= 0.3 is 0 Å². The maximum absolute atomic E-state index is 5.52. The predicted molar refractivity (Wildman–Crippen MR) is 79.0 cm³/mol. The van der Waals surface area contributed by atoms with Crippen molar-refractivity contribution in [1.82, 2.24) is 9.66 Å². The Bertz CT molecular complexity index is 616. The van der Waals surface area contributed by atoms with Crippen molar-refractivity contribution in [3.63, 3.8) is 0 Å². The number of nitrogens with one attached hydrogen (secondary N) is 1. The molecule has 2 aromatic heterocycles. The number of pyridine rings is 2. The quantitative estimate of drug-likeness (QED) is 0.659. The molecular formula is C14H17N3S. The molecule has 3 nitrogen and oxygen atoms in total. The molecule has 0 atom stereocenters. The van der Waals surface area contributed by atoms with Crippen molar-refractivity contribution in [3.05, 3.63) is 47.3 Å². The van der Waals surface area contributed by atoms with Gasteiger partial charge in [0.25, 0.3) is 0 Å². The van der Waals surface area contributed by atoms with Crippen LogP contribution in [0.4, 0.5) is 0 Å². The van der Waals surface area contributed by atoms with E-state index < -0.39 is 0 Å². The van der Waals surface area contributed by atoms with Crippen LogP contribution in [0.15, 0.2) is 37.1 Å². The van der Waals surface area contributed by atoms with Crippen LogP contribution < -0.4 is 5.43 Å². The third kappa shape index (κ3) is 2.43. The van der Waals surface area contributed by atoms with E-state index in [1.807, 2.05) is 16.8 Å². The Morgan fingerprint density at radius 1 is 1.56 bits per heavy atom. The number of fused-ring (bicyclic) bond motifs is 1. The van der Waals surface area contributed by atoms with Crippen molar-refractivity contribution in [3.8, 4) is 0 Å². The van der Waals surface area contributed by atoms with Crippen molar-refractivity contribution in [2.24, 2.45) is 0 Å². The topological polar surface area (TPSA) is 29.9 Å². The summed E-state index contributed by atoms with van der Waals surface area (Å²) in [6.07, 6.45) is 5.65. The third-order valence-corrected chi connectivity index (χ3v) is 3.19. The summed E-state index contributed by atoms with van der Waals surface area (Å²) in [6, 6.07) is 6.14. The molecule has 2 aromatic rings. The summed E-state index contributed by atoms with van der Waals surface area (Å²) in [6.45, 7) is 6.53. The van der Waals surface area contributed by atoms with Gasteiger partial charge in [-0.2, -0.15) is 0 Å². The Kier molecular flexibility index (Phi) is 4.10. The number of aromatic nitrogens is 2. The second kappa shape index (κ2) is 5.78. The lowest BCUT2D eigenvalue weighted by Gasteiger charge is -2.14. The van der Waals surface area contributed by atoms with Crippen LogP contribution in [0.1, 0.15) is 18.9 Å². The van der Waals surface area contributed by atoms with Crippen molar-refractivity contribution in [2.75, 3.05) is 12.0 Å². The minimum atomic E-state index is 0.662. The van der Waals surface area contributed by atoms with Crippen molar-refractivity contribution < 1.29 is 0 Å². The molecule has 1 N–H and O–H groups in total. The van der Waals surface area contributed by atoms with E-state index in [0.29, 0.717) is 6.54 Å². The van der Waals surface area contributed by atoms with Gasteiger partial charge in [0, 0.05) is 18.1 Å². The molecular weight excluding hydrogens is 242 g/mol. The summed E-state index contributed by atoms with van der Waals surface area (Å²) in [7, 11) is 0. The average molecular weight is 259 g/mol. The van der Waals surface area contributed by atoms with Gasteiger partial charge in [0.15, 0.2) is 5.65 Å². The predicted octanol–water partition coefficient (Wildman–Crippen LogP) is 3.45. The third-order valence-electron chi connectivity index (χ3n) is 2.75. The Balaban J connectivity index is 2.64. The van der Waals surface area contributed by atoms with Crippen LogP contribution in [0.25, 0.3) is 11.0 Å². The summed E-state index contributed by atoms with van der Waals surface area (Å²) in [5, 5.41) is 1.10. The van der Waals surface area contributed by atoms with Crippen molar-refractivity contribution >= 4 is 23.3 Å². The van der Waals surface area contributed by atoms with Crippen LogP contribution in [0.5, 0.6) is 0 Å². The number of aryl methyl sites for hydroxylation is 1. The highest BCUT2D eigenvalue weighted by Gasteiger charge is 2.06. The minimum absolute atomic E-state index is 0.662. The highest BCUT2D eigenvalue weighted by atomic mass is 32.1. The molecule has 0 fully saturated rings. The smallest absolute Gasteiger partial charge is 0.159 e. The Labute approximate surface area is 112 Å².